The lowest BCUT2D eigenvalue weighted by Gasteiger charge is -2.35. The van der Waals surface area contributed by atoms with E-state index in [9.17, 15) is 9.90 Å². The molecule has 3 heteroatoms. The molecule has 0 fully saturated rings. The van der Waals surface area contributed by atoms with E-state index in [0.717, 1.165) is 11.1 Å². The lowest BCUT2D eigenvalue weighted by atomic mass is 9.96. The second-order valence-corrected chi connectivity index (χ2v) is 5.08. The Bertz CT molecular complexity index is 609. The number of hydrogen-bond acceptors (Lipinski definition) is 2. The Kier molecular flexibility index (Phi) is 3.52. The van der Waals surface area contributed by atoms with Crippen LogP contribution in [-0.2, 0) is 17.8 Å². The Hall–Kier alpha value is -2.13. The van der Waals surface area contributed by atoms with Gasteiger partial charge in [-0.25, -0.2) is 0 Å². The number of aliphatic hydroxyl groups is 1. The summed E-state index contributed by atoms with van der Waals surface area (Å²) in [5.74, 6) is 0.0756. The van der Waals surface area contributed by atoms with Crippen molar-refractivity contribution in [2.24, 2.45) is 0 Å². The largest absolute Gasteiger partial charge is 0.394 e. The predicted octanol–water partition coefficient (Wildman–Crippen LogP) is 2.30. The highest BCUT2D eigenvalue weighted by Gasteiger charge is 2.29. The van der Waals surface area contributed by atoms with Crippen molar-refractivity contribution in [3.8, 4) is 0 Å². The van der Waals surface area contributed by atoms with Gasteiger partial charge in [-0.3, -0.25) is 4.79 Å². The standard InChI is InChI=1S/C17H17NO2/c19-12-16(13-6-2-1-3-7-13)18-11-15-9-5-4-8-14(15)10-17(18)20/h1-9,16,19H,10-12H2/t16-/m0/s1. The van der Waals surface area contributed by atoms with Crippen LogP contribution >= 0.6 is 0 Å². The van der Waals surface area contributed by atoms with Gasteiger partial charge in [0.25, 0.3) is 0 Å². The minimum Gasteiger partial charge on any atom is -0.394 e. The SMILES string of the molecule is O=C1Cc2ccccc2CN1[C@@H](CO)c1ccccc1. The number of rotatable bonds is 3. The molecule has 3 nitrogen and oxygen atoms in total. The van der Waals surface area contributed by atoms with E-state index in [1.807, 2.05) is 54.6 Å². The maximum Gasteiger partial charge on any atom is 0.227 e. The molecular formula is C17H17NO2. The molecule has 0 radical (unpaired) electrons. The molecule has 0 unspecified atom stereocenters. The number of aliphatic hydroxyl groups excluding tert-OH is 1. The summed E-state index contributed by atoms with van der Waals surface area (Å²) in [5, 5.41) is 9.70. The average molecular weight is 267 g/mol. The molecule has 0 saturated carbocycles. The van der Waals surface area contributed by atoms with Crippen molar-refractivity contribution in [3.05, 3.63) is 71.3 Å². The third-order valence-electron chi connectivity index (χ3n) is 3.85. The molecule has 1 heterocycles. The van der Waals surface area contributed by atoms with Gasteiger partial charge >= 0.3 is 0 Å². The molecule has 1 amide bonds. The van der Waals surface area contributed by atoms with E-state index in [-0.39, 0.29) is 18.6 Å². The summed E-state index contributed by atoms with van der Waals surface area (Å²) in [4.78, 5) is 14.1. The summed E-state index contributed by atoms with van der Waals surface area (Å²) in [6.45, 7) is 0.507. The summed E-state index contributed by atoms with van der Waals surface area (Å²) >= 11 is 0. The van der Waals surface area contributed by atoms with Gasteiger partial charge in [-0.2, -0.15) is 0 Å². The molecule has 0 saturated heterocycles. The fourth-order valence-electron chi connectivity index (χ4n) is 2.76. The molecule has 3 rings (SSSR count). The van der Waals surface area contributed by atoms with Crippen LogP contribution in [0.2, 0.25) is 0 Å². The van der Waals surface area contributed by atoms with Crippen molar-refractivity contribution in [2.45, 2.75) is 19.0 Å². The molecule has 1 aliphatic rings. The minimum absolute atomic E-state index is 0.0576. The first-order valence-corrected chi connectivity index (χ1v) is 6.81. The molecule has 0 aliphatic carbocycles. The lowest BCUT2D eigenvalue weighted by molar-refractivity contribution is -0.135. The summed E-state index contributed by atoms with van der Waals surface area (Å²) in [7, 11) is 0. The van der Waals surface area contributed by atoms with Gasteiger partial charge in [-0.1, -0.05) is 54.6 Å². The average Bonchev–Trinajstić information content (AvgIpc) is 2.49. The molecule has 2 aromatic rings. The minimum atomic E-state index is -0.267. The number of nitrogens with zero attached hydrogens (tertiary/aromatic N) is 1. The first-order valence-electron chi connectivity index (χ1n) is 6.81. The predicted molar refractivity (Wildman–Crippen MR) is 77.0 cm³/mol. The van der Waals surface area contributed by atoms with E-state index < -0.39 is 0 Å². The quantitative estimate of drug-likeness (QED) is 0.927. The zero-order valence-corrected chi connectivity index (χ0v) is 11.2. The summed E-state index contributed by atoms with van der Waals surface area (Å²) in [6.07, 6.45) is 0.416. The van der Waals surface area contributed by atoms with Crippen LogP contribution < -0.4 is 0 Å². The Morgan fingerprint density at radius 3 is 2.35 bits per heavy atom. The third-order valence-corrected chi connectivity index (χ3v) is 3.85. The first-order chi connectivity index (χ1) is 9.79. The van der Waals surface area contributed by atoms with Crippen LogP contribution in [0.4, 0.5) is 0 Å². The van der Waals surface area contributed by atoms with Gasteiger partial charge in [0.1, 0.15) is 0 Å². The fraction of sp³-hybridized carbons (Fsp3) is 0.235. The summed E-state index contributed by atoms with van der Waals surface area (Å²) in [5.41, 5.74) is 3.24. The van der Waals surface area contributed by atoms with Gasteiger partial charge in [0.2, 0.25) is 5.91 Å². The summed E-state index contributed by atoms with van der Waals surface area (Å²) < 4.78 is 0. The van der Waals surface area contributed by atoms with E-state index in [0.29, 0.717) is 13.0 Å². The van der Waals surface area contributed by atoms with Crippen molar-refractivity contribution in [1.82, 2.24) is 4.90 Å². The Morgan fingerprint density at radius 1 is 1.00 bits per heavy atom. The molecule has 20 heavy (non-hydrogen) atoms. The number of carbonyl (C=O) groups excluding carboxylic acids is 1. The van der Waals surface area contributed by atoms with Crippen LogP contribution in [0.3, 0.4) is 0 Å². The Balaban J connectivity index is 1.92. The maximum absolute atomic E-state index is 12.3. The van der Waals surface area contributed by atoms with Crippen molar-refractivity contribution in [3.63, 3.8) is 0 Å². The molecule has 0 aromatic heterocycles. The summed E-state index contributed by atoms with van der Waals surface area (Å²) in [6, 6.07) is 17.4. The molecule has 0 bridgehead atoms. The van der Waals surface area contributed by atoms with E-state index in [1.165, 1.54) is 5.56 Å². The van der Waals surface area contributed by atoms with Crippen LogP contribution in [-0.4, -0.2) is 22.5 Å². The molecule has 102 valence electrons. The molecule has 1 aliphatic heterocycles. The zero-order valence-electron chi connectivity index (χ0n) is 11.2. The number of benzene rings is 2. The zero-order chi connectivity index (χ0) is 13.9. The molecular weight excluding hydrogens is 250 g/mol. The van der Waals surface area contributed by atoms with Gasteiger partial charge < -0.3 is 10.0 Å². The third kappa shape index (κ3) is 2.32. The van der Waals surface area contributed by atoms with Crippen molar-refractivity contribution in [2.75, 3.05) is 6.61 Å². The van der Waals surface area contributed by atoms with Gasteiger partial charge in [0, 0.05) is 6.54 Å². The van der Waals surface area contributed by atoms with E-state index in [4.69, 9.17) is 0 Å². The molecule has 2 aromatic carbocycles. The normalized spacial score (nSPS) is 15.8. The van der Waals surface area contributed by atoms with Gasteiger partial charge in [-0.15, -0.1) is 0 Å². The van der Waals surface area contributed by atoms with Crippen molar-refractivity contribution >= 4 is 5.91 Å². The van der Waals surface area contributed by atoms with Crippen LogP contribution in [0.5, 0.6) is 0 Å². The highest BCUT2D eigenvalue weighted by atomic mass is 16.3. The molecule has 0 spiro atoms. The monoisotopic (exact) mass is 267 g/mol. The van der Waals surface area contributed by atoms with Crippen molar-refractivity contribution in [1.29, 1.82) is 0 Å². The highest BCUT2D eigenvalue weighted by molar-refractivity contribution is 5.81. The molecule has 1 N–H and O–H groups in total. The number of hydrogen-bond donors (Lipinski definition) is 1. The number of carbonyl (C=O) groups is 1. The van der Waals surface area contributed by atoms with Gasteiger partial charge in [0.15, 0.2) is 0 Å². The van der Waals surface area contributed by atoms with Gasteiger partial charge in [-0.05, 0) is 16.7 Å². The van der Waals surface area contributed by atoms with Crippen LogP contribution in [0, 0.1) is 0 Å². The van der Waals surface area contributed by atoms with E-state index >= 15 is 0 Å². The van der Waals surface area contributed by atoms with E-state index in [2.05, 4.69) is 0 Å². The van der Waals surface area contributed by atoms with Crippen LogP contribution in [0.1, 0.15) is 22.7 Å². The topological polar surface area (TPSA) is 40.5 Å². The Labute approximate surface area is 118 Å². The second-order valence-electron chi connectivity index (χ2n) is 5.08. The van der Waals surface area contributed by atoms with E-state index in [1.54, 1.807) is 4.90 Å². The van der Waals surface area contributed by atoms with Crippen LogP contribution in [0.15, 0.2) is 54.6 Å². The lowest BCUT2D eigenvalue weighted by Crippen LogP contribution is -2.40. The molecule has 1 atom stereocenters. The first kappa shape index (κ1) is 12.9. The highest BCUT2D eigenvalue weighted by Crippen LogP contribution is 2.28. The number of amides is 1. The van der Waals surface area contributed by atoms with Crippen LogP contribution in [0.25, 0.3) is 0 Å². The maximum atomic E-state index is 12.3. The Morgan fingerprint density at radius 2 is 1.65 bits per heavy atom. The smallest absolute Gasteiger partial charge is 0.227 e. The second kappa shape index (κ2) is 5.47. The fourth-order valence-corrected chi connectivity index (χ4v) is 2.76. The van der Waals surface area contributed by atoms with Gasteiger partial charge in [0.05, 0.1) is 19.1 Å². The van der Waals surface area contributed by atoms with Crippen molar-refractivity contribution < 1.29 is 9.90 Å². The number of fused-ring (bicyclic) bond motifs is 1.